The monoisotopic (exact) mass is 249 g/mol. The summed E-state index contributed by atoms with van der Waals surface area (Å²) in [6, 6.07) is 7.38. The molecule has 0 heterocycles. The highest BCUT2D eigenvalue weighted by atomic mass is 32.2. The van der Waals surface area contributed by atoms with Crippen LogP contribution in [0.2, 0.25) is 0 Å². The van der Waals surface area contributed by atoms with E-state index in [0.717, 1.165) is 6.42 Å². The van der Waals surface area contributed by atoms with Crippen molar-refractivity contribution in [3.05, 3.63) is 29.3 Å². The van der Waals surface area contributed by atoms with Crippen molar-refractivity contribution in [3.63, 3.8) is 0 Å². The molecule has 1 atom stereocenters. The Balaban J connectivity index is 1.72. The minimum absolute atomic E-state index is 0.361. The lowest BCUT2D eigenvalue weighted by molar-refractivity contribution is 0.618. The highest BCUT2D eigenvalue weighted by molar-refractivity contribution is 7.99. The van der Waals surface area contributed by atoms with Gasteiger partial charge in [0.15, 0.2) is 0 Å². The molecule has 2 heteroatoms. The van der Waals surface area contributed by atoms with Gasteiger partial charge in [-0.1, -0.05) is 12.5 Å². The Morgan fingerprint density at radius 1 is 1.24 bits per heavy atom. The van der Waals surface area contributed by atoms with Gasteiger partial charge in [0.2, 0.25) is 0 Å². The number of thioether (sulfide) groups is 1. The van der Waals surface area contributed by atoms with Crippen molar-refractivity contribution in [2.75, 3.05) is 5.75 Å². The van der Waals surface area contributed by atoms with E-state index in [1.807, 2.05) is 11.8 Å². The number of aryl methyl sites for hydroxylation is 2. The van der Waals surface area contributed by atoms with Gasteiger partial charge in [0, 0.05) is 10.9 Å². The van der Waals surface area contributed by atoms with Gasteiger partial charge in [-0.15, -0.1) is 11.8 Å². The molecule has 0 saturated heterocycles. The molecule has 0 spiro atoms. The van der Waals surface area contributed by atoms with Crippen LogP contribution in [0.15, 0.2) is 23.1 Å². The van der Waals surface area contributed by atoms with Gasteiger partial charge >= 0.3 is 0 Å². The van der Waals surface area contributed by atoms with E-state index < -0.39 is 0 Å². The average Bonchev–Trinajstić information content (AvgIpc) is 2.75. The van der Waals surface area contributed by atoms with Gasteiger partial charge in [-0.3, -0.25) is 0 Å². The molecule has 0 aromatic heterocycles. The second-order valence-electron chi connectivity index (χ2n) is 5.11. The zero-order valence-electron chi connectivity index (χ0n) is 10.7. The van der Waals surface area contributed by atoms with E-state index in [2.05, 4.69) is 25.1 Å². The molecule has 0 fully saturated rings. The summed E-state index contributed by atoms with van der Waals surface area (Å²) in [6.07, 6.45) is 7.62. The molecule has 0 aliphatic heterocycles. The molecule has 0 saturated carbocycles. The third-order valence-electron chi connectivity index (χ3n) is 3.39. The Bertz CT molecular complexity index is 360. The lowest BCUT2D eigenvalue weighted by Gasteiger charge is -2.06. The van der Waals surface area contributed by atoms with Crippen LogP contribution in [0.25, 0.3) is 0 Å². The molecule has 0 amide bonds. The lowest BCUT2D eigenvalue weighted by Crippen LogP contribution is -2.13. The Morgan fingerprint density at radius 2 is 2.06 bits per heavy atom. The zero-order valence-corrected chi connectivity index (χ0v) is 11.6. The van der Waals surface area contributed by atoms with Crippen molar-refractivity contribution < 1.29 is 0 Å². The van der Waals surface area contributed by atoms with Crippen molar-refractivity contribution >= 4 is 11.8 Å². The summed E-state index contributed by atoms with van der Waals surface area (Å²) in [5.74, 6) is 1.23. The Kier molecular flexibility index (Phi) is 4.93. The van der Waals surface area contributed by atoms with Crippen LogP contribution >= 0.6 is 11.8 Å². The van der Waals surface area contributed by atoms with Gasteiger partial charge in [-0.2, -0.15) is 0 Å². The van der Waals surface area contributed by atoms with Crippen LogP contribution in [0.1, 0.15) is 43.7 Å². The first-order chi connectivity index (χ1) is 8.25. The molecule has 2 rings (SSSR count). The molecular formula is C15H23NS. The van der Waals surface area contributed by atoms with E-state index >= 15 is 0 Å². The van der Waals surface area contributed by atoms with E-state index in [9.17, 15) is 0 Å². The van der Waals surface area contributed by atoms with Crippen molar-refractivity contribution in [1.82, 2.24) is 0 Å². The lowest BCUT2D eigenvalue weighted by atomic mass is 10.1. The minimum atomic E-state index is 0.361. The topological polar surface area (TPSA) is 26.0 Å². The molecule has 1 aromatic rings. The van der Waals surface area contributed by atoms with Crippen molar-refractivity contribution in [2.24, 2.45) is 5.73 Å². The van der Waals surface area contributed by atoms with Crippen molar-refractivity contribution in [2.45, 2.75) is 56.4 Å². The first-order valence-electron chi connectivity index (χ1n) is 6.76. The number of rotatable bonds is 6. The van der Waals surface area contributed by atoms with E-state index in [1.54, 1.807) is 11.1 Å². The highest BCUT2D eigenvalue weighted by Crippen LogP contribution is 2.28. The predicted octanol–water partition coefficient (Wildman–Crippen LogP) is 3.78. The summed E-state index contributed by atoms with van der Waals surface area (Å²) >= 11 is 2.00. The molecule has 1 unspecified atom stereocenters. The van der Waals surface area contributed by atoms with Crippen LogP contribution in [0.3, 0.4) is 0 Å². The van der Waals surface area contributed by atoms with E-state index in [-0.39, 0.29) is 0 Å². The van der Waals surface area contributed by atoms with Crippen LogP contribution in [0, 0.1) is 0 Å². The van der Waals surface area contributed by atoms with Gasteiger partial charge < -0.3 is 5.73 Å². The standard InChI is InChI=1S/C15H23NS/c1-12(16)5-2-3-10-17-15-9-8-13-6-4-7-14(13)11-15/h8-9,11-12H,2-7,10,16H2,1H3. The van der Waals surface area contributed by atoms with E-state index in [1.165, 1.54) is 42.8 Å². The normalized spacial score (nSPS) is 15.9. The SMILES string of the molecule is CC(N)CCCCSc1ccc2c(c1)CCC2. The van der Waals surface area contributed by atoms with Gasteiger partial charge in [0.1, 0.15) is 0 Å². The predicted molar refractivity (Wildman–Crippen MR) is 76.7 cm³/mol. The van der Waals surface area contributed by atoms with E-state index in [0.29, 0.717) is 6.04 Å². The number of unbranched alkanes of at least 4 members (excludes halogenated alkanes) is 1. The Hall–Kier alpha value is -0.470. The Labute approximate surface area is 109 Å². The number of benzene rings is 1. The number of nitrogens with two attached hydrogens (primary N) is 1. The molecule has 1 aliphatic rings. The van der Waals surface area contributed by atoms with Crippen molar-refractivity contribution in [1.29, 1.82) is 0 Å². The first kappa shape index (κ1) is 13.0. The maximum atomic E-state index is 5.74. The zero-order chi connectivity index (χ0) is 12.1. The fourth-order valence-electron chi connectivity index (χ4n) is 2.40. The van der Waals surface area contributed by atoms with Crippen LogP contribution in [0.5, 0.6) is 0 Å². The largest absolute Gasteiger partial charge is 0.328 e. The summed E-state index contributed by atoms with van der Waals surface area (Å²) in [7, 11) is 0. The molecular weight excluding hydrogens is 226 g/mol. The minimum Gasteiger partial charge on any atom is -0.328 e. The molecule has 1 nitrogen and oxygen atoms in total. The Morgan fingerprint density at radius 3 is 2.88 bits per heavy atom. The fraction of sp³-hybridized carbons (Fsp3) is 0.600. The van der Waals surface area contributed by atoms with Crippen LogP contribution < -0.4 is 5.73 Å². The first-order valence-corrected chi connectivity index (χ1v) is 7.74. The quantitative estimate of drug-likeness (QED) is 0.613. The maximum absolute atomic E-state index is 5.74. The molecule has 94 valence electrons. The number of hydrogen-bond donors (Lipinski definition) is 1. The van der Waals surface area contributed by atoms with Crippen LogP contribution in [0.4, 0.5) is 0 Å². The molecule has 1 aromatic carbocycles. The highest BCUT2D eigenvalue weighted by Gasteiger charge is 2.10. The number of hydrogen-bond acceptors (Lipinski definition) is 2. The summed E-state index contributed by atoms with van der Waals surface area (Å²) in [5.41, 5.74) is 8.90. The fourth-order valence-corrected chi connectivity index (χ4v) is 3.37. The molecule has 0 radical (unpaired) electrons. The van der Waals surface area contributed by atoms with Crippen LogP contribution in [-0.4, -0.2) is 11.8 Å². The number of fused-ring (bicyclic) bond motifs is 1. The van der Waals surface area contributed by atoms with Gasteiger partial charge in [-0.05, 0) is 68.0 Å². The second-order valence-corrected chi connectivity index (χ2v) is 6.27. The van der Waals surface area contributed by atoms with Gasteiger partial charge in [-0.25, -0.2) is 0 Å². The van der Waals surface area contributed by atoms with Crippen LogP contribution in [-0.2, 0) is 12.8 Å². The summed E-state index contributed by atoms with van der Waals surface area (Å²) in [6.45, 7) is 2.09. The second kappa shape index (κ2) is 6.46. The summed E-state index contributed by atoms with van der Waals surface area (Å²) in [5, 5.41) is 0. The average molecular weight is 249 g/mol. The molecule has 17 heavy (non-hydrogen) atoms. The molecule has 1 aliphatic carbocycles. The third-order valence-corrected chi connectivity index (χ3v) is 4.47. The summed E-state index contributed by atoms with van der Waals surface area (Å²) < 4.78 is 0. The molecule has 0 bridgehead atoms. The van der Waals surface area contributed by atoms with Gasteiger partial charge in [0.25, 0.3) is 0 Å². The van der Waals surface area contributed by atoms with Crippen molar-refractivity contribution in [3.8, 4) is 0 Å². The molecule has 2 N–H and O–H groups in total. The smallest absolute Gasteiger partial charge is 0.00748 e. The van der Waals surface area contributed by atoms with E-state index in [4.69, 9.17) is 5.73 Å². The van der Waals surface area contributed by atoms with Gasteiger partial charge in [0.05, 0.1) is 0 Å². The third kappa shape index (κ3) is 4.04. The summed E-state index contributed by atoms with van der Waals surface area (Å²) in [4.78, 5) is 1.45. The maximum Gasteiger partial charge on any atom is 0.00748 e.